The Morgan fingerprint density at radius 3 is 2.57 bits per heavy atom. The van der Waals surface area contributed by atoms with Crippen LogP contribution in [-0.4, -0.2) is 31.0 Å². The number of carbonyl (C=O) groups excluding carboxylic acids is 1. The molecule has 0 saturated heterocycles. The minimum atomic E-state index is -0.688. The number of aliphatic imine (C=N–C) groups is 1. The van der Waals surface area contributed by atoms with Crippen molar-refractivity contribution in [3.8, 4) is 0 Å². The van der Waals surface area contributed by atoms with Crippen LogP contribution in [0, 0.1) is 5.92 Å². The van der Waals surface area contributed by atoms with E-state index in [9.17, 15) is 9.90 Å². The summed E-state index contributed by atoms with van der Waals surface area (Å²) < 4.78 is 9.62. The summed E-state index contributed by atoms with van der Waals surface area (Å²) in [4.78, 5) is 16.3. The van der Waals surface area contributed by atoms with E-state index >= 15 is 0 Å². The molecule has 1 atom stereocenters. The maximum atomic E-state index is 11.9. The molecule has 1 aromatic carbocycles. The number of hydrogen-bond acceptors (Lipinski definition) is 5. The third-order valence-electron chi connectivity index (χ3n) is 3.19. The van der Waals surface area contributed by atoms with E-state index in [4.69, 9.17) is 9.47 Å². The number of rotatable bonds is 3. The molecule has 0 spiro atoms. The molecule has 5 heteroatoms. The van der Waals surface area contributed by atoms with Gasteiger partial charge in [-0.25, -0.2) is 4.99 Å². The Morgan fingerprint density at radius 2 is 1.95 bits per heavy atom. The first kappa shape index (κ1) is 14.8. The molecule has 0 fully saturated rings. The van der Waals surface area contributed by atoms with Crippen molar-refractivity contribution in [2.75, 3.05) is 14.2 Å². The number of esters is 1. The number of methoxy groups -OCH3 is 2. The largest absolute Gasteiger partial charge is 0.480 e. The fraction of sp³-hybridized carbons (Fsp3) is 0.250. The third-order valence-corrected chi connectivity index (χ3v) is 3.19. The van der Waals surface area contributed by atoms with Gasteiger partial charge >= 0.3 is 5.97 Å². The lowest BCUT2D eigenvalue weighted by atomic mass is 10.0. The predicted octanol–water partition coefficient (Wildman–Crippen LogP) is 2.60. The van der Waals surface area contributed by atoms with Crippen LogP contribution < -0.4 is 0 Å². The Bertz CT molecular complexity index is 602. The average molecular weight is 287 g/mol. The molecule has 0 amide bonds. The molecule has 1 aliphatic heterocycles. The zero-order valence-electron chi connectivity index (χ0n) is 11.9. The van der Waals surface area contributed by atoms with Crippen molar-refractivity contribution in [1.82, 2.24) is 0 Å². The van der Waals surface area contributed by atoms with Gasteiger partial charge in [-0.15, -0.1) is 0 Å². The number of aliphatic hydroxyl groups excluding tert-OH is 1. The molecule has 21 heavy (non-hydrogen) atoms. The third kappa shape index (κ3) is 3.31. The second-order valence-electron chi connectivity index (χ2n) is 4.47. The number of allylic oxidation sites excluding steroid dienone is 2. The van der Waals surface area contributed by atoms with Crippen LogP contribution in [0.25, 0.3) is 0 Å². The van der Waals surface area contributed by atoms with Gasteiger partial charge in [0.2, 0.25) is 0 Å². The summed E-state index contributed by atoms with van der Waals surface area (Å²) in [7, 11) is 2.63. The minimum absolute atomic E-state index is 0.174. The maximum absolute atomic E-state index is 11.9. The van der Waals surface area contributed by atoms with Gasteiger partial charge in [-0.2, -0.15) is 0 Å². The van der Waals surface area contributed by atoms with Crippen LogP contribution in [0.4, 0.5) is 0 Å². The van der Waals surface area contributed by atoms with E-state index in [1.165, 1.54) is 14.2 Å². The Kier molecular flexibility index (Phi) is 4.77. The number of hydrogen-bond donors (Lipinski definition) is 1. The minimum Gasteiger partial charge on any atom is -0.480 e. The number of benzene rings is 1. The number of carbonyl (C=O) groups is 1. The topological polar surface area (TPSA) is 68.1 Å². The summed E-state index contributed by atoms with van der Waals surface area (Å²) in [6, 6.07) is 9.51. The zero-order valence-corrected chi connectivity index (χ0v) is 11.9. The van der Waals surface area contributed by atoms with Crippen molar-refractivity contribution in [2.24, 2.45) is 10.9 Å². The molecule has 1 aliphatic rings. The van der Waals surface area contributed by atoms with Crippen LogP contribution in [0.2, 0.25) is 0 Å². The van der Waals surface area contributed by atoms with Crippen LogP contribution >= 0.6 is 0 Å². The molecule has 0 aliphatic carbocycles. The first-order valence-corrected chi connectivity index (χ1v) is 6.53. The first-order chi connectivity index (χ1) is 10.2. The van der Waals surface area contributed by atoms with E-state index in [2.05, 4.69) is 4.99 Å². The lowest BCUT2D eigenvalue weighted by Gasteiger charge is -2.13. The van der Waals surface area contributed by atoms with E-state index in [1.807, 2.05) is 42.5 Å². The van der Waals surface area contributed by atoms with Gasteiger partial charge in [0.05, 0.1) is 19.9 Å². The monoisotopic (exact) mass is 287 g/mol. The molecular formula is C16H17NO4. The van der Waals surface area contributed by atoms with Crippen LogP contribution in [0.3, 0.4) is 0 Å². The summed E-state index contributed by atoms with van der Waals surface area (Å²) in [5.41, 5.74) is 1.72. The number of ether oxygens (including phenoxy) is 2. The molecule has 1 aromatic rings. The van der Waals surface area contributed by atoms with Crippen LogP contribution in [0.1, 0.15) is 12.0 Å². The SMILES string of the molecule is COC(=O)[C@H]1CC=CC(c2ccccc2)=N/C1=C(/O)OC. The van der Waals surface area contributed by atoms with Crippen LogP contribution in [0.5, 0.6) is 0 Å². The molecule has 5 nitrogen and oxygen atoms in total. The van der Waals surface area contributed by atoms with Gasteiger partial charge in [0.1, 0.15) is 11.6 Å². The van der Waals surface area contributed by atoms with E-state index in [1.54, 1.807) is 0 Å². The fourth-order valence-corrected chi connectivity index (χ4v) is 2.09. The zero-order chi connectivity index (χ0) is 15.2. The highest BCUT2D eigenvalue weighted by atomic mass is 16.6. The van der Waals surface area contributed by atoms with E-state index in [0.29, 0.717) is 12.1 Å². The van der Waals surface area contributed by atoms with Gasteiger partial charge in [0.25, 0.3) is 5.95 Å². The maximum Gasteiger partial charge on any atom is 0.315 e. The quantitative estimate of drug-likeness (QED) is 0.685. The summed E-state index contributed by atoms with van der Waals surface area (Å²) in [5, 5.41) is 9.90. The first-order valence-electron chi connectivity index (χ1n) is 6.53. The van der Waals surface area contributed by atoms with Gasteiger partial charge in [0, 0.05) is 5.56 Å². The summed E-state index contributed by atoms with van der Waals surface area (Å²) in [6.45, 7) is 0. The van der Waals surface area contributed by atoms with Gasteiger partial charge < -0.3 is 14.6 Å². The Morgan fingerprint density at radius 1 is 1.24 bits per heavy atom. The number of nitrogens with zero attached hydrogens (tertiary/aromatic N) is 1. The normalized spacial score (nSPS) is 20.3. The van der Waals surface area contributed by atoms with Gasteiger partial charge in [-0.3, -0.25) is 4.79 Å². The van der Waals surface area contributed by atoms with E-state index in [0.717, 1.165) is 5.56 Å². The highest BCUT2D eigenvalue weighted by Gasteiger charge is 2.28. The molecule has 110 valence electrons. The smallest absolute Gasteiger partial charge is 0.315 e. The van der Waals surface area contributed by atoms with Gasteiger partial charge in [-0.1, -0.05) is 36.4 Å². The molecule has 0 radical (unpaired) electrons. The molecule has 0 unspecified atom stereocenters. The standard InChI is InChI=1S/C16H17NO4/c1-20-15(18)12-9-6-10-13(11-7-4-3-5-8-11)17-14(12)16(19)21-2/h3-8,10,12,19H,9H2,1-2H3/b16-14-/t12-/m0/s1. The van der Waals surface area contributed by atoms with Crippen molar-refractivity contribution in [2.45, 2.75) is 6.42 Å². The Hall–Kier alpha value is -2.56. The molecule has 1 N–H and O–H groups in total. The van der Waals surface area contributed by atoms with Crippen molar-refractivity contribution < 1.29 is 19.4 Å². The molecule has 1 heterocycles. The van der Waals surface area contributed by atoms with Gasteiger partial charge in [0.15, 0.2) is 0 Å². The second-order valence-corrected chi connectivity index (χ2v) is 4.47. The highest BCUT2D eigenvalue weighted by molar-refractivity contribution is 6.09. The molecule has 0 saturated carbocycles. The summed E-state index contributed by atoms with van der Waals surface area (Å²) in [5.74, 6) is -1.52. The molecular weight excluding hydrogens is 270 g/mol. The van der Waals surface area contributed by atoms with E-state index in [-0.39, 0.29) is 11.6 Å². The summed E-state index contributed by atoms with van der Waals surface area (Å²) >= 11 is 0. The fourth-order valence-electron chi connectivity index (χ4n) is 2.09. The van der Waals surface area contributed by atoms with Crippen molar-refractivity contribution >= 4 is 11.7 Å². The molecule has 0 aromatic heterocycles. The lowest BCUT2D eigenvalue weighted by Crippen LogP contribution is -2.19. The van der Waals surface area contributed by atoms with Crippen molar-refractivity contribution in [1.29, 1.82) is 0 Å². The average Bonchev–Trinajstić information content (AvgIpc) is 2.77. The van der Waals surface area contributed by atoms with Crippen molar-refractivity contribution in [3.05, 3.63) is 59.7 Å². The van der Waals surface area contributed by atoms with Gasteiger partial charge in [-0.05, 0) is 12.5 Å². The molecule has 2 rings (SSSR count). The van der Waals surface area contributed by atoms with E-state index < -0.39 is 11.9 Å². The summed E-state index contributed by atoms with van der Waals surface area (Å²) in [6.07, 6.45) is 4.04. The highest BCUT2D eigenvalue weighted by Crippen LogP contribution is 2.26. The Labute approximate surface area is 123 Å². The van der Waals surface area contributed by atoms with Crippen molar-refractivity contribution in [3.63, 3.8) is 0 Å². The molecule has 0 bridgehead atoms. The second kappa shape index (κ2) is 6.74. The number of aliphatic hydroxyl groups is 1. The van der Waals surface area contributed by atoms with Crippen LogP contribution in [0.15, 0.2) is 59.1 Å². The Balaban J connectivity index is 2.49. The van der Waals surface area contributed by atoms with Crippen LogP contribution in [-0.2, 0) is 14.3 Å². The lowest BCUT2D eigenvalue weighted by molar-refractivity contribution is -0.144. The predicted molar refractivity (Wildman–Crippen MR) is 78.9 cm³/mol.